The lowest BCUT2D eigenvalue weighted by Crippen LogP contribution is -2.40. The molecule has 0 fully saturated rings. The first-order valence-corrected chi connectivity index (χ1v) is 7.39. The van der Waals surface area contributed by atoms with Crippen LogP contribution in [0, 0.1) is 16.7 Å². The average molecular weight is 288 g/mol. The molecule has 0 spiro atoms. The maximum atomic E-state index is 8.88. The molecule has 116 valence electrons. The third-order valence-electron chi connectivity index (χ3n) is 3.40. The summed E-state index contributed by atoms with van der Waals surface area (Å²) in [5.41, 5.74) is 6.49. The SMILES string of the molecule is CC(C)(C)CC(C)(C)c1ccc(OCC(C)(N)C#N)cc1. The van der Waals surface area contributed by atoms with Crippen LogP contribution in [0.5, 0.6) is 5.75 Å². The normalized spacial score (nSPS) is 15.1. The van der Waals surface area contributed by atoms with E-state index < -0.39 is 5.54 Å². The van der Waals surface area contributed by atoms with Crippen molar-refractivity contribution in [3.63, 3.8) is 0 Å². The smallest absolute Gasteiger partial charge is 0.135 e. The van der Waals surface area contributed by atoms with Crippen molar-refractivity contribution in [3.8, 4) is 11.8 Å². The summed E-state index contributed by atoms with van der Waals surface area (Å²) in [5.74, 6) is 0.747. The van der Waals surface area contributed by atoms with E-state index in [2.05, 4.69) is 46.8 Å². The topological polar surface area (TPSA) is 59.0 Å². The fourth-order valence-corrected chi connectivity index (χ4v) is 2.70. The molecule has 0 heterocycles. The van der Waals surface area contributed by atoms with E-state index in [0.29, 0.717) is 0 Å². The predicted molar refractivity (Wildman–Crippen MR) is 87.2 cm³/mol. The Morgan fingerprint density at radius 1 is 1.05 bits per heavy atom. The summed E-state index contributed by atoms with van der Waals surface area (Å²) in [6, 6.07) is 10.1. The molecule has 0 aromatic heterocycles. The van der Waals surface area contributed by atoms with Gasteiger partial charge in [-0.1, -0.05) is 46.8 Å². The van der Waals surface area contributed by atoms with Gasteiger partial charge in [0.15, 0.2) is 0 Å². The van der Waals surface area contributed by atoms with Crippen LogP contribution in [-0.2, 0) is 5.41 Å². The minimum atomic E-state index is -0.954. The van der Waals surface area contributed by atoms with Gasteiger partial charge in [0.25, 0.3) is 0 Å². The first-order valence-electron chi connectivity index (χ1n) is 7.39. The highest BCUT2D eigenvalue weighted by molar-refractivity contribution is 5.32. The van der Waals surface area contributed by atoms with Gasteiger partial charge in [0.2, 0.25) is 0 Å². The zero-order chi connectivity index (χ0) is 16.3. The molecular formula is C18H28N2O. The molecule has 1 rings (SSSR count). The second-order valence-electron chi connectivity index (χ2n) is 7.96. The lowest BCUT2D eigenvalue weighted by molar-refractivity contribution is 0.263. The zero-order valence-corrected chi connectivity index (χ0v) is 14.2. The van der Waals surface area contributed by atoms with Gasteiger partial charge in [-0.15, -0.1) is 0 Å². The van der Waals surface area contributed by atoms with Gasteiger partial charge >= 0.3 is 0 Å². The Labute approximate surface area is 129 Å². The minimum Gasteiger partial charge on any atom is -0.491 e. The van der Waals surface area contributed by atoms with Crippen molar-refractivity contribution in [3.05, 3.63) is 29.8 Å². The average Bonchev–Trinajstić information content (AvgIpc) is 2.34. The Morgan fingerprint density at radius 3 is 2.00 bits per heavy atom. The zero-order valence-electron chi connectivity index (χ0n) is 14.2. The van der Waals surface area contributed by atoms with Crippen molar-refractivity contribution in [2.45, 2.75) is 58.9 Å². The Balaban J connectivity index is 2.77. The van der Waals surface area contributed by atoms with E-state index >= 15 is 0 Å². The molecule has 1 aromatic carbocycles. The predicted octanol–water partition coefficient (Wildman–Crippen LogP) is 4.02. The lowest BCUT2D eigenvalue weighted by Gasteiger charge is -2.33. The second-order valence-corrected chi connectivity index (χ2v) is 7.96. The van der Waals surface area contributed by atoms with Gasteiger partial charge in [0.1, 0.15) is 17.9 Å². The fraction of sp³-hybridized carbons (Fsp3) is 0.611. The van der Waals surface area contributed by atoms with Crippen LogP contribution in [0.3, 0.4) is 0 Å². The summed E-state index contributed by atoms with van der Waals surface area (Å²) in [4.78, 5) is 0. The van der Waals surface area contributed by atoms with E-state index in [1.54, 1.807) is 6.92 Å². The van der Waals surface area contributed by atoms with E-state index in [1.165, 1.54) is 5.56 Å². The number of nitrogens with zero attached hydrogens (tertiary/aromatic N) is 1. The van der Waals surface area contributed by atoms with Crippen LogP contribution in [0.4, 0.5) is 0 Å². The Kier molecular flexibility index (Phi) is 5.07. The lowest BCUT2D eigenvalue weighted by atomic mass is 9.72. The molecule has 1 atom stereocenters. The fourth-order valence-electron chi connectivity index (χ4n) is 2.70. The van der Waals surface area contributed by atoms with Crippen molar-refractivity contribution in [1.29, 1.82) is 5.26 Å². The van der Waals surface area contributed by atoms with Crippen LogP contribution in [0.15, 0.2) is 24.3 Å². The summed E-state index contributed by atoms with van der Waals surface area (Å²) in [6.45, 7) is 13.2. The molecule has 0 aliphatic rings. The molecule has 0 aliphatic carbocycles. The van der Waals surface area contributed by atoms with Gasteiger partial charge in [0, 0.05) is 0 Å². The number of rotatable bonds is 5. The van der Waals surface area contributed by atoms with Crippen molar-refractivity contribution >= 4 is 0 Å². The Bertz CT molecular complexity index is 502. The Hall–Kier alpha value is -1.53. The van der Waals surface area contributed by atoms with Gasteiger partial charge in [-0.25, -0.2) is 0 Å². The quantitative estimate of drug-likeness (QED) is 0.890. The minimum absolute atomic E-state index is 0.117. The van der Waals surface area contributed by atoms with E-state index in [0.717, 1.165) is 12.2 Å². The monoisotopic (exact) mass is 288 g/mol. The van der Waals surface area contributed by atoms with Crippen LogP contribution in [0.1, 0.15) is 53.5 Å². The first-order chi connectivity index (χ1) is 9.45. The van der Waals surface area contributed by atoms with E-state index in [-0.39, 0.29) is 17.4 Å². The molecule has 0 bridgehead atoms. The van der Waals surface area contributed by atoms with Crippen LogP contribution < -0.4 is 10.5 Å². The molecule has 0 amide bonds. The standard InChI is InChI=1S/C18H28N2O/c1-16(2,3)11-17(4,5)14-7-9-15(10-8-14)21-13-18(6,20)12-19/h7-10H,11,13,20H2,1-6H3. The van der Waals surface area contributed by atoms with Crippen molar-refractivity contribution in [1.82, 2.24) is 0 Å². The molecule has 1 unspecified atom stereocenters. The maximum absolute atomic E-state index is 8.88. The highest BCUT2D eigenvalue weighted by Gasteiger charge is 2.27. The van der Waals surface area contributed by atoms with Gasteiger partial charge in [-0.05, 0) is 41.9 Å². The molecule has 3 nitrogen and oxygen atoms in total. The largest absolute Gasteiger partial charge is 0.491 e. The number of hydrogen-bond acceptors (Lipinski definition) is 3. The van der Waals surface area contributed by atoms with Crippen LogP contribution in [-0.4, -0.2) is 12.1 Å². The molecule has 0 saturated heterocycles. The molecule has 21 heavy (non-hydrogen) atoms. The number of ether oxygens (including phenoxy) is 1. The third kappa shape index (κ3) is 5.77. The van der Waals surface area contributed by atoms with Crippen molar-refractivity contribution in [2.24, 2.45) is 11.1 Å². The number of hydrogen-bond donors (Lipinski definition) is 1. The van der Waals surface area contributed by atoms with Crippen LogP contribution in [0.25, 0.3) is 0 Å². The highest BCUT2D eigenvalue weighted by atomic mass is 16.5. The second kappa shape index (κ2) is 6.07. The van der Waals surface area contributed by atoms with Crippen LogP contribution in [0.2, 0.25) is 0 Å². The van der Waals surface area contributed by atoms with E-state index in [9.17, 15) is 0 Å². The molecule has 0 saturated carbocycles. The van der Waals surface area contributed by atoms with E-state index in [4.69, 9.17) is 15.7 Å². The summed E-state index contributed by atoms with van der Waals surface area (Å²) in [5, 5.41) is 8.88. The summed E-state index contributed by atoms with van der Waals surface area (Å²) >= 11 is 0. The van der Waals surface area contributed by atoms with Gasteiger partial charge in [-0.3, -0.25) is 0 Å². The summed E-state index contributed by atoms with van der Waals surface area (Å²) < 4.78 is 5.58. The summed E-state index contributed by atoms with van der Waals surface area (Å²) in [6.07, 6.45) is 1.11. The third-order valence-corrected chi connectivity index (χ3v) is 3.40. The molecule has 0 aliphatic heterocycles. The van der Waals surface area contributed by atoms with Crippen molar-refractivity contribution in [2.75, 3.05) is 6.61 Å². The van der Waals surface area contributed by atoms with Gasteiger partial charge < -0.3 is 10.5 Å². The molecule has 3 heteroatoms. The van der Waals surface area contributed by atoms with Crippen molar-refractivity contribution < 1.29 is 4.74 Å². The summed E-state index contributed by atoms with van der Waals surface area (Å²) in [7, 11) is 0. The molecular weight excluding hydrogens is 260 g/mol. The molecule has 0 radical (unpaired) electrons. The highest BCUT2D eigenvalue weighted by Crippen LogP contribution is 2.36. The van der Waals surface area contributed by atoms with Gasteiger partial charge in [0.05, 0.1) is 6.07 Å². The molecule has 2 N–H and O–H groups in total. The van der Waals surface area contributed by atoms with Crippen LogP contribution >= 0.6 is 0 Å². The number of nitrogens with two attached hydrogens (primary N) is 1. The molecule has 1 aromatic rings. The van der Waals surface area contributed by atoms with E-state index in [1.807, 2.05) is 18.2 Å². The number of benzene rings is 1. The van der Waals surface area contributed by atoms with Gasteiger partial charge in [-0.2, -0.15) is 5.26 Å². The maximum Gasteiger partial charge on any atom is 0.135 e. The number of nitriles is 1. The first kappa shape index (κ1) is 17.5. The Morgan fingerprint density at radius 2 is 1.57 bits per heavy atom.